The van der Waals surface area contributed by atoms with Crippen LogP contribution in [0.4, 0.5) is 0 Å². The maximum Gasteiger partial charge on any atom is 0.125 e. The highest BCUT2D eigenvalue weighted by Gasteiger charge is 2.04. The summed E-state index contributed by atoms with van der Waals surface area (Å²) in [5, 5.41) is 3.38. The van der Waals surface area contributed by atoms with Gasteiger partial charge < -0.3 is 10.1 Å². The third-order valence-electron chi connectivity index (χ3n) is 2.68. The largest absolute Gasteiger partial charge is 0.492 e. The van der Waals surface area contributed by atoms with Crippen molar-refractivity contribution in [1.29, 1.82) is 0 Å². The van der Waals surface area contributed by atoms with Crippen LogP contribution in [0.5, 0.6) is 5.75 Å². The standard InChI is InChI=1S/C15H25NO/c1-11(2)10-16-6-7-17-15-13(4)8-12(3)9-14(15)5/h8-9,11,16H,6-7,10H2,1-5H3. The zero-order chi connectivity index (χ0) is 12.8. The van der Waals surface area contributed by atoms with Gasteiger partial charge in [-0.05, 0) is 44.4 Å². The number of ether oxygens (including phenoxy) is 1. The third kappa shape index (κ3) is 4.78. The van der Waals surface area contributed by atoms with Gasteiger partial charge in [0.05, 0.1) is 0 Å². The summed E-state index contributed by atoms with van der Waals surface area (Å²) in [5.74, 6) is 1.74. The Morgan fingerprint density at radius 2 is 1.71 bits per heavy atom. The van der Waals surface area contributed by atoms with Crippen molar-refractivity contribution >= 4 is 0 Å². The van der Waals surface area contributed by atoms with Gasteiger partial charge >= 0.3 is 0 Å². The van der Waals surface area contributed by atoms with E-state index in [2.05, 4.69) is 52.1 Å². The number of aryl methyl sites for hydroxylation is 3. The van der Waals surface area contributed by atoms with Crippen LogP contribution in [0.3, 0.4) is 0 Å². The van der Waals surface area contributed by atoms with Gasteiger partial charge in [-0.1, -0.05) is 31.5 Å². The zero-order valence-corrected chi connectivity index (χ0v) is 11.8. The molecule has 0 fully saturated rings. The fourth-order valence-corrected chi connectivity index (χ4v) is 2.01. The quantitative estimate of drug-likeness (QED) is 0.764. The minimum Gasteiger partial charge on any atom is -0.492 e. The van der Waals surface area contributed by atoms with Gasteiger partial charge in [-0.15, -0.1) is 0 Å². The monoisotopic (exact) mass is 235 g/mol. The predicted octanol–water partition coefficient (Wildman–Crippen LogP) is 3.24. The molecule has 2 nitrogen and oxygen atoms in total. The Morgan fingerprint density at radius 1 is 1.12 bits per heavy atom. The average molecular weight is 235 g/mol. The van der Waals surface area contributed by atoms with E-state index in [-0.39, 0.29) is 0 Å². The predicted molar refractivity (Wildman–Crippen MR) is 73.9 cm³/mol. The molecule has 96 valence electrons. The molecule has 1 aromatic carbocycles. The molecule has 0 aliphatic rings. The minimum absolute atomic E-state index is 0.692. The highest BCUT2D eigenvalue weighted by molar-refractivity contribution is 5.42. The molecule has 1 N–H and O–H groups in total. The molecule has 0 heterocycles. The fourth-order valence-electron chi connectivity index (χ4n) is 2.01. The van der Waals surface area contributed by atoms with Crippen LogP contribution in [-0.2, 0) is 0 Å². The lowest BCUT2D eigenvalue weighted by Gasteiger charge is -2.14. The Kier molecular flexibility index (Phi) is 5.49. The van der Waals surface area contributed by atoms with Crippen LogP contribution in [0, 0.1) is 26.7 Å². The number of hydrogen-bond donors (Lipinski definition) is 1. The van der Waals surface area contributed by atoms with Gasteiger partial charge in [0.15, 0.2) is 0 Å². The highest BCUT2D eigenvalue weighted by atomic mass is 16.5. The van der Waals surface area contributed by atoms with Crippen LogP contribution >= 0.6 is 0 Å². The molecule has 0 saturated heterocycles. The molecule has 0 bridgehead atoms. The van der Waals surface area contributed by atoms with Crippen molar-refractivity contribution in [3.8, 4) is 5.75 Å². The summed E-state index contributed by atoms with van der Waals surface area (Å²) in [4.78, 5) is 0. The van der Waals surface area contributed by atoms with Gasteiger partial charge in [0.2, 0.25) is 0 Å². The Bertz CT molecular complexity index is 335. The molecule has 17 heavy (non-hydrogen) atoms. The fraction of sp³-hybridized carbons (Fsp3) is 0.600. The second-order valence-corrected chi connectivity index (χ2v) is 5.17. The lowest BCUT2D eigenvalue weighted by atomic mass is 10.1. The van der Waals surface area contributed by atoms with Gasteiger partial charge in [0.25, 0.3) is 0 Å². The second kappa shape index (κ2) is 6.65. The van der Waals surface area contributed by atoms with Crippen molar-refractivity contribution < 1.29 is 4.74 Å². The van der Waals surface area contributed by atoms with Crippen molar-refractivity contribution in [3.05, 3.63) is 28.8 Å². The van der Waals surface area contributed by atoms with E-state index < -0.39 is 0 Å². The molecule has 1 aromatic rings. The molecule has 1 rings (SSSR count). The highest BCUT2D eigenvalue weighted by Crippen LogP contribution is 2.24. The van der Waals surface area contributed by atoms with E-state index in [1.165, 1.54) is 16.7 Å². The molecule has 0 aliphatic carbocycles. The van der Waals surface area contributed by atoms with Gasteiger partial charge in [-0.3, -0.25) is 0 Å². The van der Waals surface area contributed by atoms with Crippen molar-refractivity contribution in [2.75, 3.05) is 19.7 Å². The van der Waals surface area contributed by atoms with Crippen LogP contribution in [0.25, 0.3) is 0 Å². The van der Waals surface area contributed by atoms with Crippen molar-refractivity contribution in [2.24, 2.45) is 5.92 Å². The second-order valence-electron chi connectivity index (χ2n) is 5.17. The molecule has 2 heteroatoms. The van der Waals surface area contributed by atoms with Crippen molar-refractivity contribution in [1.82, 2.24) is 5.32 Å². The Balaban J connectivity index is 2.42. The van der Waals surface area contributed by atoms with Crippen molar-refractivity contribution in [2.45, 2.75) is 34.6 Å². The minimum atomic E-state index is 0.692. The molecule has 0 amide bonds. The first kappa shape index (κ1) is 14.0. The number of rotatable bonds is 6. The maximum atomic E-state index is 5.84. The van der Waals surface area contributed by atoms with Gasteiger partial charge in [0, 0.05) is 6.54 Å². The number of hydrogen-bond acceptors (Lipinski definition) is 2. The van der Waals surface area contributed by atoms with E-state index in [1.807, 2.05) is 0 Å². The maximum absolute atomic E-state index is 5.84. The molecule has 0 radical (unpaired) electrons. The summed E-state index contributed by atoms with van der Waals surface area (Å²) in [6.07, 6.45) is 0. The van der Waals surface area contributed by atoms with E-state index in [4.69, 9.17) is 4.74 Å². The summed E-state index contributed by atoms with van der Waals surface area (Å²) < 4.78 is 5.84. The van der Waals surface area contributed by atoms with Gasteiger partial charge in [0.1, 0.15) is 12.4 Å². The van der Waals surface area contributed by atoms with Crippen molar-refractivity contribution in [3.63, 3.8) is 0 Å². The summed E-state index contributed by atoms with van der Waals surface area (Å²) in [6.45, 7) is 13.4. The van der Waals surface area contributed by atoms with Crippen LogP contribution in [0.1, 0.15) is 30.5 Å². The molecule has 0 unspecified atom stereocenters. The first-order valence-electron chi connectivity index (χ1n) is 6.42. The Labute approximate surface area is 105 Å². The normalized spacial score (nSPS) is 10.9. The average Bonchev–Trinajstić information content (AvgIpc) is 2.20. The Hall–Kier alpha value is -1.02. The molecular formula is C15H25NO. The third-order valence-corrected chi connectivity index (χ3v) is 2.68. The van der Waals surface area contributed by atoms with E-state index in [0.29, 0.717) is 5.92 Å². The summed E-state index contributed by atoms with van der Waals surface area (Å²) >= 11 is 0. The smallest absolute Gasteiger partial charge is 0.125 e. The zero-order valence-electron chi connectivity index (χ0n) is 11.8. The molecular weight excluding hydrogens is 210 g/mol. The van der Waals surface area contributed by atoms with Gasteiger partial charge in [-0.25, -0.2) is 0 Å². The molecule has 0 aliphatic heterocycles. The SMILES string of the molecule is Cc1cc(C)c(OCCNCC(C)C)c(C)c1. The van der Waals surface area contributed by atoms with E-state index in [9.17, 15) is 0 Å². The first-order valence-corrected chi connectivity index (χ1v) is 6.42. The van der Waals surface area contributed by atoms with Crippen LogP contribution in [0.15, 0.2) is 12.1 Å². The molecule has 0 spiro atoms. The van der Waals surface area contributed by atoms with E-state index in [1.54, 1.807) is 0 Å². The van der Waals surface area contributed by atoms with Gasteiger partial charge in [-0.2, -0.15) is 0 Å². The lowest BCUT2D eigenvalue weighted by Crippen LogP contribution is -2.25. The van der Waals surface area contributed by atoms with Crippen LogP contribution in [0.2, 0.25) is 0 Å². The Morgan fingerprint density at radius 3 is 2.24 bits per heavy atom. The molecule has 0 saturated carbocycles. The molecule has 0 aromatic heterocycles. The number of nitrogens with one attached hydrogen (secondary N) is 1. The summed E-state index contributed by atoms with van der Waals surface area (Å²) in [5.41, 5.74) is 3.75. The topological polar surface area (TPSA) is 21.3 Å². The van der Waals surface area contributed by atoms with Crippen LogP contribution in [-0.4, -0.2) is 19.7 Å². The summed E-state index contributed by atoms with van der Waals surface area (Å²) in [6, 6.07) is 4.34. The first-order chi connectivity index (χ1) is 8.00. The van der Waals surface area contributed by atoms with E-state index >= 15 is 0 Å². The molecule has 0 atom stereocenters. The number of benzene rings is 1. The van der Waals surface area contributed by atoms with Crippen LogP contribution < -0.4 is 10.1 Å². The lowest BCUT2D eigenvalue weighted by molar-refractivity contribution is 0.307. The van der Waals surface area contributed by atoms with E-state index in [0.717, 1.165) is 25.4 Å². The summed E-state index contributed by atoms with van der Waals surface area (Å²) in [7, 11) is 0.